The van der Waals surface area contributed by atoms with E-state index in [1.165, 1.54) is 4.68 Å². The number of anilines is 1. The number of halogens is 3. The van der Waals surface area contributed by atoms with Crippen LogP contribution in [0.4, 0.5) is 5.95 Å². The van der Waals surface area contributed by atoms with Crippen LogP contribution in [0.3, 0.4) is 0 Å². The van der Waals surface area contributed by atoms with Gasteiger partial charge in [0.25, 0.3) is 0 Å². The van der Waals surface area contributed by atoms with Gasteiger partial charge in [-0.15, -0.1) is 0 Å². The molecule has 2 aromatic carbocycles. The van der Waals surface area contributed by atoms with Crippen LogP contribution in [0.15, 0.2) is 42.5 Å². The van der Waals surface area contributed by atoms with E-state index < -0.39 is 0 Å². The summed E-state index contributed by atoms with van der Waals surface area (Å²) >= 11 is 18.3. The van der Waals surface area contributed by atoms with E-state index in [-0.39, 0.29) is 11.4 Å². The van der Waals surface area contributed by atoms with Crippen molar-refractivity contribution in [2.75, 3.05) is 5.73 Å². The van der Waals surface area contributed by atoms with Crippen molar-refractivity contribution in [3.8, 4) is 11.3 Å². The van der Waals surface area contributed by atoms with Crippen LogP contribution in [-0.2, 0) is 6.54 Å². The zero-order valence-electron chi connectivity index (χ0n) is 12.3. The molecule has 0 aliphatic rings. The van der Waals surface area contributed by atoms with Crippen LogP contribution in [0.1, 0.15) is 5.56 Å². The second-order valence-electron chi connectivity index (χ2n) is 5.06. The normalized spacial score (nSPS) is 10.8. The maximum Gasteiger partial charge on any atom is 0.219 e. The third-order valence-electron chi connectivity index (χ3n) is 3.36. The molecule has 0 bridgehead atoms. The Bertz CT molecular complexity index is 968. The highest BCUT2D eigenvalue weighted by Crippen LogP contribution is 2.30. The van der Waals surface area contributed by atoms with Crippen LogP contribution in [0.5, 0.6) is 0 Å². The van der Waals surface area contributed by atoms with E-state index in [0.29, 0.717) is 32.9 Å². The molecule has 1 aromatic heterocycles. The minimum absolute atomic E-state index is 0.0704. The number of hydrogen-bond donors (Lipinski definition) is 2. The molecule has 8 heteroatoms. The molecular formula is C16H12Cl3N5. The maximum absolute atomic E-state index is 8.04. The predicted molar refractivity (Wildman–Crippen MR) is 96.3 cm³/mol. The molecule has 5 nitrogen and oxygen atoms in total. The second kappa shape index (κ2) is 6.81. The van der Waals surface area contributed by atoms with Crippen molar-refractivity contribution >= 4 is 40.8 Å². The van der Waals surface area contributed by atoms with E-state index in [4.69, 9.17) is 45.9 Å². The van der Waals surface area contributed by atoms with Crippen LogP contribution in [0.25, 0.3) is 11.3 Å². The maximum atomic E-state index is 8.04. The second-order valence-corrected chi connectivity index (χ2v) is 6.28. The first-order valence-electron chi connectivity index (χ1n) is 6.94. The number of rotatable bonds is 3. The van der Waals surface area contributed by atoms with Crippen molar-refractivity contribution in [3.63, 3.8) is 0 Å². The summed E-state index contributed by atoms with van der Waals surface area (Å²) in [6, 6.07) is 12.5. The average Bonchev–Trinajstić information content (AvgIpc) is 2.53. The predicted octanol–water partition coefficient (Wildman–Crippen LogP) is 4.02. The van der Waals surface area contributed by atoms with Crippen LogP contribution in [0.2, 0.25) is 15.1 Å². The Kier molecular flexibility index (Phi) is 4.76. The third-order valence-corrected chi connectivity index (χ3v) is 4.42. The van der Waals surface area contributed by atoms with Gasteiger partial charge >= 0.3 is 0 Å². The topological polar surface area (TPSA) is 80.6 Å². The number of benzene rings is 2. The highest BCUT2D eigenvalue weighted by Gasteiger charge is 2.13. The van der Waals surface area contributed by atoms with Crippen molar-refractivity contribution in [1.29, 1.82) is 5.41 Å². The molecule has 0 atom stereocenters. The van der Waals surface area contributed by atoms with Crippen molar-refractivity contribution in [2.45, 2.75) is 6.54 Å². The first kappa shape index (κ1) is 16.8. The molecule has 0 saturated heterocycles. The van der Waals surface area contributed by atoms with E-state index in [2.05, 4.69) is 10.1 Å². The van der Waals surface area contributed by atoms with Gasteiger partial charge in [0.1, 0.15) is 5.69 Å². The van der Waals surface area contributed by atoms with Gasteiger partial charge in [-0.3, -0.25) is 5.41 Å². The van der Waals surface area contributed by atoms with Gasteiger partial charge in [-0.05, 0) is 23.8 Å². The molecule has 0 aliphatic carbocycles. The molecule has 1 heterocycles. The highest BCUT2D eigenvalue weighted by atomic mass is 35.5. The van der Waals surface area contributed by atoms with Crippen molar-refractivity contribution < 1.29 is 0 Å². The summed E-state index contributed by atoms with van der Waals surface area (Å²) in [5, 5.41) is 13.8. The molecule has 3 aromatic rings. The Morgan fingerprint density at radius 3 is 2.58 bits per heavy atom. The van der Waals surface area contributed by atoms with Gasteiger partial charge in [-0.25, -0.2) is 4.68 Å². The zero-order chi connectivity index (χ0) is 17.3. The summed E-state index contributed by atoms with van der Waals surface area (Å²) in [6.45, 7) is 0.366. The minimum atomic E-state index is -0.0704. The number of hydrogen-bond acceptors (Lipinski definition) is 4. The Labute approximate surface area is 153 Å². The van der Waals surface area contributed by atoms with E-state index in [1.54, 1.807) is 24.3 Å². The number of nitrogens with two attached hydrogens (primary N) is 1. The molecule has 0 fully saturated rings. The van der Waals surface area contributed by atoms with Crippen LogP contribution in [-0.4, -0.2) is 14.8 Å². The lowest BCUT2D eigenvalue weighted by molar-refractivity contribution is 0.654. The lowest BCUT2D eigenvalue weighted by Gasteiger charge is -2.12. The minimum Gasteiger partial charge on any atom is -0.368 e. The van der Waals surface area contributed by atoms with Crippen molar-refractivity contribution in [2.24, 2.45) is 0 Å². The number of nitrogens with zero attached hydrogens (tertiary/aromatic N) is 3. The quantitative estimate of drug-likeness (QED) is 0.720. The third kappa shape index (κ3) is 3.38. The summed E-state index contributed by atoms with van der Waals surface area (Å²) < 4.78 is 1.50. The van der Waals surface area contributed by atoms with Gasteiger partial charge in [-0.1, -0.05) is 59.1 Å². The molecule has 24 heavy (non-hydrogen) atoms. The monoisotopic (exact) mass is 379 g/mol. The molecule has 0 radical (unpaired) electrons. The lowest BCUT2D eigenvalue weighted by Crippen LogP contribution is -2.23. The van der Waals surface area contributed by atoms with E-state index >= 15 is 0 Å². The van der Waals surface area contributed by atoms with Gasteiger partial charge < -0.3 is 5.73 Å². The standard InChI is InChI=1S/C16H12Cl3N5/c17-10-4-1-3-9(7-10)8-24-16(21)22-15(20)14(23-24)11-5-2-6-12(18)13(11)19/h1-7H,8H2,(H3,20,21,22). The van der Waals surface area contributed by atoms with Crippen LogP contribution < -0.4 is 11.2 Å². The van der Waals surface area contributed by atoms with Crippen molar-refractivity contribution in [3.05, 3.63) is 68.6 Å². The Morgan fingerprint density at radius 1 is 1.08 bits per heavy atom. The Morgan fingerprint density at radius 2 is 1.83 bits per heavy atom. The summed E-state index contributed by atoms with van der Waals surface area (Å²) in [6.07, 6.45) is 0. The summed E-state index contributed by atoms with van der Waals surface area (Å²) in [5.74, 6) is 0.127. The zero-order valence-corrected chi connectivity index (χ0v) is 14.6. The first-order chi connectivity index (χ1) is 11.5. The first-order valence-corrected chi connectivity index (χ1v) is 8.07. The summed E-state index contributed by atoms with van der Waals surface area (Å²) in [5.41, 5.74) is 7.57. The molecule has 0 amide bonds. The fraction of sp³-hybridized carbons (Fsp3) is 0.0625. The molecule has 0 aliphatic heterocycles. The number of aromatic nitrogens is 3. The van der Waals surface area contributed by atoms with Gasteiger partial charge in [0.2, 0.25) is 5.95 Å². The van der Waals surface area contributed by atoms with Crippen LogP contribution >= 0.6 is 34.8 Å². The Hall–Kier alpha value is -2.08. The van der Waals surface area contributed by atoms with Gasteiger partial charge in [0.15, 0.2) is 5.49 Å². The van der Waals surface area contributed by atoms with E-state index in [1.807, 2.05) is 18.2 Å². The summed E-state index contributed by atoms with van der Waals surface area (Å²) in [7, 11) is 0. The fourth-order valence-electron chi connectivity index (χ4n) is 2.24. The number of nitrogen functional groups attached to an aromatic ring is 1. The highest BCUT2D eigenvalue weighted by molar-refractivity contribution is 6.43. The molecule has 3 N–H and O–H groups in total. The molecule has 122 valence electrons. The summed E-state index contributed by atoms with van der Waals surface area (Å²) in [4.78, 5) is 4.05. The van der Waals surface area contributed by atoms with Gasteiger partial charge in [-0.2, -0.15) is 10.1 Å². The molecule has 3 rings (SSSR count). The van der Waals surface area contributed by atoms with Crippen LogP contribution in [0, 0.1) is 5.41 Å². The lowest BCUT2D eigenvalue weighted by atomic mass is 10.1. The fourth-order valence-corrected chi connectivity index (χ4v) is 2.84. The van der Waals surface area contributed by atoms with Gasteiger partial charge in [0, 0.05) is 10.6 Å². The van der Waals surface area contributed by atoms with E-state index in [9.17, 15) is 0 Å². The molecule has 0 saturated carbocycles. The largest absolute Gasteiger partial charge is 0.368 e. The van der Waals surface area contributed by atoms with E-state index in [0.717, 1.165) is 5.56 Å². The van der Waals surface area contributed by atoms with Gasteiger partial charge in [0.05, 0.1) is 16.6 Å². The average molecular weight is 381 g/mol. The molecular weight excluding hydrogens is 369 g/mol. The SMILES string of the molecule is N=c1nc(N)n(Cc2cccc(Cl)c2)nc1-c1cccc(Cl)c1Cl. The van der Waals surface area contributed by atoms with Crippen molar-refractivity contribution in [1.82, 2.24) is 14.8 Å². The number of nitrogens with one attached hydrogen (secondary N) is 1. The molecule has 0 spiro atoms. The smallest absolute Gasteiger partial charge is 0.219 e. The Balaban J connectivity index is 2.09. The molecule has 0 unspecified atom stereocenters.